The summed E-state index contributed by atoms with van der Waals surface area (Å²) in [7, 11) is 0. The monoisotopic (exact) mass is 412 g/mol. The lowest BCUT2D eigenvalue weighted by Gasteiger charge is -2.18. The van der Waals surface area contributed by atoms with Crippen LogP contribution in [0.2, 0.25) is 0 Å². The second-order valence-corrected chi connectivity index (χ2v) is 7.28. The summed E-state index contributed by atoms with van der Waals surface area (Å²) in [5, 5.41) is 5.63. The van der Waals surface area contributed by atoms with Crippen LogP contribution in [0.5, 0.6) is 5.75 Å². The van der Waals surface area contributed by atoms with Gasteiger partial charge in [0.25, 0.3) is 5.91 Å². The first-order valence-electron chi connectivity index (χ1n) is 10.1. The Balaban J connectivity index is 1.34. The molecule has 0 spiro atoms. The van der Waals surface area contributed by atoms with Crippen molar-refractivity contribution in [1.82, 2.24) is 9.55 Å². The van der Waals surface area contributed by atoms with Gasteiger partial charge in [0.1, 0.15) is 11.6 Å². The van der Waals surface area contributed by atoms with Crippen molar-refractivity contribution in [2.24, 2.45) is 0 Å². The van der Waals surface area contributed by atoms with Gasteiger partial charge in [-0.2, -0.15) is 0 Å². The molecule has 1 aliphatic heterocycles. The molecular formula is C24H20N4O3. The van der Waals surface area contributed by atoms with E-state index in [4.69, 9.17) is 9.72 Å². The van der Waals surface area contributed by atoms with Crippen LogP contribution in [0.15, 0.2) is 72.8 Å². The zero-order chi connectivity index (χ0) is 21.2. The number of ether oxygens (including phenoxy) is 1. The normalized spacial score (nSPS) is 12.7. The molecule has 1 aliphatic rings. The zero-order valence-electron chi connectivity index (χ0n) is 16.7. The number of rotatable bonds is 5. The van der Waals surface area contributed by atoms with Gasteiger partial charge >= 0.3 is 0 Å². The largest absolute Gasteiger partial charge is 0.482 e. The summed E-state index contributed by atoms with van der Waals surface area (Å²) >= 11 is 0. The molecule has 154 valence electrons. The number of amides is 2. The number of hydrogen-bond acceptors (Lipinski definition) is 4. The lowest BCUT2D eigenvalue weighted by Crippen LogP contribution is -2.25. The second kappa shape index (κ2) is 7.95. The Hall–Kier alpha value is -4.13. The second-order valence-electron chi connectivity index (χ2n) is 7.28. The average molecular weight is 412 g/mol. The van der Waals surface area contributed by atoms with E-state index in [1.54, 1.807) is 18.2 Å². The third-order valence-corrected chi connectivity index (χ3v) is 5.12. The van der Waals surface area contributed by atoms with E-state index in [9.17, 15) is 9.59 Å². The van der Waals surface area contributed by atoms with E-state index in [2.05, 4.69) is 15.2 Å². The van der Waals surface area contributed by atoms with Crippen molar-refractivity contribution in [3.8, 4) is 11.4 Å². The summed E-state index contributed by atoms with van der Waals surface area (Å²) in [6, 6.07) is 23.1. The van der Waals surface area contributed by atoms with Crippen molar-refractivity contribution >= 4 is 34.2 Å². The molecule has 0 bridgehead atoms. The van der Waals surface area contributed by atoms with Crippen LogP contribution in [0.1, 0.15) is 12.2 Å². The third kappa shape index (κ3) is 3.85. The highest BCUT2D eigenvalue weighted by atomic mass is 16.5. The summed E-state index contributed by atoms with van der Waals surface area (Å²) in [4.78, 5) is 28.9. The number of imidazole rings is 1. The highest BCUT2D eigenvalue weighted by Crippen LogP contribution is 2.30. The highest BCUT2D eigenvalue weighted by molar-refractivity contribution is 5.97. The van der Waals surface area contributed by atoms with Gasteiger partial charge in [0.05, 0.1) is 16.7 Å². The van der Waals surface area contributed by atoms with Crippen LogP contribution in [-0.2, 0) is 16.0 Å². The van der Waals surface area contributed by atoms with E-state index in [1.807, 2.05) is 54.6 Å². The van der Waals surface area contributed by atoms with E-state index >= 15 is 0 Å². The quantitative estimate of drug-likeness (QED) is 0.520. The number of benzene rings is 3. The van der Waals surface area contributed by atoms with Gasteiger partial charge in [-0.05, 0) is 42.5 Å². The number of carbonyl (C=O) groups is 2. The van der Waals surface area contributed by atoms with E-state index in [1.165, 1.54) is 0 Å². The van der Waals surface area contributed by atoms with E-state index in [0.29, 0.717) is 23.5 Å². The van der Waals surface area contributed by atoms with Crippen molar-refractivity contribution in [2.45, 2.75) is 12.8 Å². The molecule has 0 fully saturated rings. The smallest absolute Gasteiger partial charge is 0.262 e. The van der Waals surface area contributed by atoms with Gasteiger partial charge in [-0.25, -0.2) is 4.98 Å². The topological polar surface area (TPSA) is 85.3 Å². The molecule has 7 nitrogen and oxygen atoms in total. The molecule has 7 heteroatoms. The SMILES string of the molecule is O=C(CCc1nc2ccccc2n1-c1ccccc1)Nc1ccc2c(c1)NC(=O)CO2. The maximum atomic E-state index is 12.6. The minimum Gasteiger partial charge on any atom is -0.482 e. The Labute approximate surface area is 178 Å². The van der Waals surface area contributed by atoms with E-state index < -0.39 is 0 Å². The minimum atomic E-state index is -0.212. The third-order valence-electron chi connectivity index (χ3n) is 5.12. The molecule has 0 radical (unpaired) electrons. The number of fused-ring (bicyclic) bond motifs is 2. The number of aryl methyl sites for hydroxylation is 1. The van der Waals surface area contributed by atoms with Crippen molar-refractivity contribution in [1.29, 1.82) is 0 Å². The molecule has 2 N–H and O–H groups in total. The summed E-state index contributed by atoms with van der Waals surface area (Å²) in [5.41, 5.74) is 4.07. The van der Waals surface area contributed by atoms with Gasteiger partial charge in [-0.3, -0.25) is 14.2 Å². The van der Waals surface area contributed by atoms with Gasteiger partial charge in [-0.15, -0.1) is 0 Å². The van der Waals surface area contributed by atoms with Crippen molar-refractivity contribution < 1.29 is 14.3 Å². The van der Waals surface area contributed by atoms with Gasteiger partial charge in [0.15, 0.2) is 6.61 Å². The average Bonchev–Trinajstić information content (AvgIpc) is 3.16. The predicted molar refractivity (Wildman–Crippen MR) is 119 cm³/mol. The standard InChI is InChI=1S/C24H20N4O3/c29-23(25-16-10-11-21-19(14-16)27-24(30)15-31-21)13-12-22-26-18-8-4-5-9-20(18)28(22)17-6-2-1-3-7-17/h1-11,14H,12-13,15H2,(H,25,29)(H,27,30). The first-order chi connectivity index (χ1) is 15.2. The molecule has 3 aromatic carbocycles. The minimum absolute atomic E-state index is 0.00111. The number of nitrogens with one attached hydrogen (secondary N) is 2. The number of nitrogens with zero attached hydrogens (tertiary/aromatic N) is 2. The van der Waals surface area contributed by atoms with Crippen LogP contribution in [0.25, 0.3) is 16.7 Å². The van der Waals surface area contributed by atoms with Crippen LogP contribution >= 0.6 is 0 Å². The van der Waals surface area contributed by atoms with Gasteiger partial charge < -0.3 is 15.4 Å². The maximum absolute atomic E-state index is 12.6. The highest BCUT2D eigenvalue weighted by Gasteiger charge is 2.17. The van der Waals surface area contributed by atoms with Crippen LogP contribution in [0.4, 0.5) is 11.4 Å². The number of anilines is 2. The molecule has 0 atom stereocenters. The Morgan fingerprint density at radius 1 is 1.06 bits per heavy atom. The van der Waals surface area contributed by atoms with Crippen molar-refractivity contribution in [3.63, 3.8) is 0 Å². The number of para-hydroxylation sites is 3. The summed E-state index contributed by atoms with van der Waals surface area (Å²) in [6.45, 7) is 0.00111. The molecular weight excluding hydrogens is 392 g/mol. The molecule has 2 heterocycles. The Morgan fingerprint density at radius 3 is 2.74 bits per heavy atom. The lowest BCUT2D eigenvalue weighted by atomic mass is 10.2. The first kappa shape index (κ1) is 18.9. The molecule has 5 rings (SSSR count). The molecule has 2 amide bonds. The molecule has 0 saturated carbocycles. The Morgan fingerprint density at radius 2 is 1.87 bits per heavy atom. The summed E-state index contributed by atoms with van der Waals surface area (Å²) in [5.74, 6) is 1.08. The molecule has 1 aromatic heterocycles. The molecule has 4 aromatic rings. The summed E-state index contributed by atoms with van der Waals surface area (Å²) < 4.78 is 7.44. The molecule has 0 aliphatic carbocycles. The number of hydrogen-bond donors (Lipinski definition) is 2. The fourth-order valence-electron chi connectivity index (χ4n) is 3.72. The van der Waals surface area contributed by atoms with Crippen molar-refractivity contribution in [2.75, 3.05) is 17.2 Å². The zero-order valence-corrected chi connectivity index (χ0v) is 16.7. The van der Waals surface area contributed by atoms with Gasteiger partial charge in [0, 0.05) is 24.2 Å². The van der Waals surface area contributed by atoms with E-state index in [-0.39, 0.29) is 24.8 Å². The maximum Gasteiger partial charge on any atom is 0.262 e. The number of carbonyl (C=O) groups excluding carboxylic acids is 2. The predicted octanol–water partition coefficient (Wildman–Crippen LogP) is 3.93. The lowest BCUT2D eigenvalue weighted by molar-refractivity contribution is -0.118. The first-order valence-corrected chi connectivity index (χ1v) is 10.1. The Kier molecular flexibility index (Phi) is 4.84. The fourth-order valence-corrected chi connectivity index (χ4v) is 3.72. The number of aromatic nitrogens is 2. The fraction of sp³-hybridized carbons (Fsp3) is 0.125. The van der Waals surface area contributed by atoms with Crippen molar-refractivity contribution in [3.05, 3.63) is 78.6 Å². The molecule has 0 unspecified atom stereocenters. The summed E-state index contributed by atoms with van der Waals surface area (Å²) in [6.07, 6.45) is 0.760. The van der Waals surface area contributed by atoms with Crippen LogP contribution in [0, 0.1) is 0 Å². The van der Waals surface area contributed by atoms with Crippen LogP contribution < -0.4 is 15.4 Å². The van der Waals surface area contributed by atoms with Crippen LogP contribution in [0.3, 0.4) is 0 Å². The molecule has 31 heavy (non-hydrogen) atoms. The molecule has 0 saturated heterocycles. The van der Waals surface area contributed by atoms with E-state index in [0.717, 1.165) is 22.5 Å². The van der Waals surface area contributed by atoms with Gasteiger partial charge in [0.2, 0.25) is 5.91 Å². The Bertz CT molecular complexity index is 1280. The van der Waals surface area contributed by atoms with Crippen LogP contribution in [-0.4, -0.2) is 28.0 Å². The van der Waals surface area contributed by atoms with Gasteiger partial charge in [-0.1, -0.05) is 30.3 Å².